The Hall–Kier alpha value is -1.52. The lowest BCUT2D eigenvalue weighted by Gasteiger charge is -2.10. The summed E-state index contributed by atoms with van der Waals surface area (Å²) in [5, 5.41) is 0.0511. The highest BCUT2D eigenvalue weighted by molar-refractivity contribution is 6.33. The maximum absolute atomic E-state index is 13.2. The Bertz CT molecular complexity index is 599. The average Bonchev–Trinajstić information content (AvgIpc) is 2.34. The summed E-state index contributed by atoms with van der Waals surface area (Å²) in [5.41, 5.74) is 6.75. The molecule has 0 saturated carbocycles. The molecule has 0 atom stereocenters. The van der Waals surface area contributed by atoms with Gasteiger partial charge in [0.25, 0.3) is 0 Å². The van der Waals surface area contributed by atoms with Gasteiger partial charge in [-0.15, -0.1) is 0 Å². The van der Waals surface area contributed by atoms with Gasteiger partial charge in [-0.3, -0.25) is 0 Å². The van der Waals surface area contributed by atoms with Crippen LogP contribution in [0.4, 0.5) is 13.2 Å². The average molecular weight is 272 g/mol. The van der Waals surface area contributed by atoms with E-state index < -0.39 is 17.5 Å². The third-order valence-electron chi connectivity index (χ3n) is 2.59. The molecule has 0 saturated heterocycles. The maximum Gasteiger partial charge on any atom is 0.160 e. The number of halogens is 4. The third-order valence-corrected chi connectivity index (χ3v) is 2.90. The van der Waals surface area contributed by atoms with Crippen LogP contribution >= 0.6 is 11.6 Å². The van der Waals surface area contributed by atoms with Crippen LogP contribution in [0, 0.1) is 17.5 Å². The van der Waals surface area contributed by atoms with E-state index in [1.165, 1.54) is 18.2 Å². The van der Waals surface area contributed by atoms with E-state index in [2.05, 4.69) is 0 Å². The standard InChI is InChI=1S/C13H9ClF3N/c14-11-5-13(17)12(16)4-10(11)9-2-1-8(15)3-7(9)6-18/h1-5H,6,18H2. The molecule has 0 fully saturated rings. The first-order valence-electron chi connectivity index (χ1n) is 5.16. The summed E-state index contributed by atoms with van der Waals surface area (Å²) in [6.07, 6.45) is 0. The minimum absolute atomic E-state index is 0.0511. The number of rotatable bonds is 2. The second-order valence-electron chi connectivity index (χ2n) is 3.75. The van der Waals surface area contributed by atoms with Crippen LogP contribution in [0.5, 0.6) is 0 Å². The van der Waals surface area contributed by atoms with Crippen LogP contribution in [0.15, 0.2) is 30.3 Å². The first-order chi connectivity index (χ1) is 8.52. The minimum Gasteiger partial charge on any atom is -0.326 e. The smallest absolute Gasteiger partial charge is 0.160 e. The van der Waals surface area contributed by atoms with Crippen molar-refractivity contribution in [3.05, 3.63) is 58.4 Å². The molecule has 0 radical (unpaired) electrons. The molecule has 0 aliphatic heterocycles. The van der Waals surface area contributed by atoms with Crippen molar-refractivity contribution >= 4 is 11.6 Å². The van der Waals surface area contributed by atoms with Crippen LogP contribution < -0.4 is 5.73 Å². The van der Waals surface area contributed by atoms with Crippen molar-refractivity contribution in [3.63, 3.8) is 0 Å². The molecule has 0 spiro atoms. The first-order valence-corrected chi connectivity index (χ1v) is 5.54. The topological polar surface area (TPSA) is 26.0 Å². The molecule has 94 valence electrons. The van der Waals surface area contributed by atoms with E-state index in [0.29, 0.717) is 11.1 Å². The molecule has 18 heavy (non-hydrogen) atoms. The van der Waals surface area contributed by atoms with Crippen molar-refractivity contribution in [2.45, 2.75) is 6.54 Å². The first kappa shape index (κ1) is 12.9. The molecule has 5 heteroatoms. The fourth-order valence-corrected chi connectivity index (χ4v) is 1.98. The van der Waals surface area contributed by atoms with E-state index in [1.807, 2.05) is 0 Å². The van der Waals surface area contributed by atoms with Gasteiger partial charge in [0.15, 0.2) is 11.6 Å². The molecule has 1 nitrogen and oxygen atoms in total. The molecular formula is C13H9ClF3N. The highest BCUT2D eigenvalue weighted by Crippen LogP contribution is 2.32. The summed E-state index contributed by atoms with van der Waals surface area (Å²) in [5.74, 6) is -2.49. The van der Waals surface area contributed by atoms with Crippen LogP contribution in [-0.4, -0.2) is 0 Å². The van der Waals surface area contributed by atoms with Gasteiger partial charge in [0.05, 0.1) is 5.02 Å². The Morgan fingerprint density at radius 3 is 2.28 bits per heavy atom. The number of benzene rings is 2. The summed E-state index contributed by atoms with van der Waals surface area (Å²) >= 11 is 5.86. The van der Waals surface area contributed by atoms with Crippen LogP contribution in [-0.2, 0) is 6.54 Å². The largest absolute Gasteiger partial charge is 0.326 e. The summed E-state index contributed by atoms with van der Waals surface area (Å²) in [7, 11) is 0. The predicted molar refractivity (Wildman–Crippen MR) is 64.7 cm³/mol. The van der Waals surface area contributed by atoms with Gasteiger partial charge in [0.2, 0.25) is 0 Å². The molecular weight excluding hydrogens is 263 g/mol. The van der Waals surface area contributed by atoms with Crippen LogP contribution in [0.1, 0.15) is 5.56 Å². The quantitative estimate of drug-likeness (QED) is 0.824. The third kappa shape index (κ3) is 2.35. The summed E-state index contributed by atoms with van der Waals surface area (Å²) in [6.45, 7) is 0.0718. The Morgan fingerprint density at radius 1 is 0.944 bits per heavy atom. The van der Waals surface area contributed by atoms with Gasteiger partial charge in [-0.05, 0) is 35.4 Å². The summed E-state index contributed by atoms with van der Waals surface area (Å²) in [4.78, 5) is 0. The van der Waals surface area contributed by atoms with Gasteiger partial charge in [0.1, 0.15) is 5.82 Å². The fourth-order valence-electron chi connectivity index (χ4n) is 1.72. The van der Waals surface area contributed by atoms with Crippen molar-refractivity contribution in [1.29, 1.82) is 0 Å². The lowest BCUT2D eigenvalue weighted by Crippen LogP contribution is -2.00. The van der Waals surface area contributed by atoms with Gasteiger partial charge in [0, 0.05) is 12.1 Å². The van der Waals surface area contributed by atoms with E-state index in [1.54, 1.807) is 0 Å². The fraction of sp³-hybridized carbons (Fsp3) is 0.0769. The molecule has 0 aliphatic carbocycles. The van der Waals surface area contributed by atoms with Gasteiger partial charge in [-0.25, -0.2) is 13.2 Å². The molecule has 0 aliphatic rings. The zero-order valence-corrected chi connectivity index (χ0v) is 9.94. The van der Waals surface area contributed by atoms with Crippen LogP contribution in [0.3, 0.4) is 0 Å². The normalized spacial score (nSPS) is 10.7. The molecule has 2 aromatic rings. The minimum atomic E-state index is -1.03. The Kier molecular flexibility index (Phi) is 3.59. The van der Waals surface area contributed by atoms with Gasteiger partial charge in [-0.1, -0.05) is 17.7 Å². The molecule has 2 aromatic carbocycles. The molecule has 0 aromatic heterocycles. The Labute approximate surface area is 107 Å². The molecule has 2 N–H and O–H groups in total. The molecule has 0 heterocycles. The van der Waals surface area contributed by atoms with Crippen LogP contribution in [0.2, 0.25) is 5.02 Å². The van der Waals surface area contributed by atoms with E-state index >= 15 is 0 Å². The Morgan fingerprint density at radius 2 is 1.61 bits per heavy atom. The molecule has 0 amide bonds. The van der Waals surface area contributed by atoms with Gasteiger partial charge in [-0.2, -0.15) is 0 Å². The SMILES string of the molecule is NCc1cc(F)ccc1-c1cc(F)c(F)cc1Cl. The molecule has 0 bridgehead atoms. The zero-order chi connectivity index (χ0) is 13.3. The summed E-state index contributed by atoms with van der Waals surface area (Å²) < 4.78 is 39.3. The van der Waals surface area contributed by atoms with E-state index in [-0.39, 0.29) is 17.1 Å². The lowest BCUT2D eigenvalue weighted by atomic mass is 9.99. The summed E-state index contributed by atoms with van der Waals surface area (Å²) in [6, 6.07) is 5.76. The highest BCUT2D eigenvalue weighted by Gasteiger charge is 2.13. The van der Waals surface area contributed by atoms with Gasteiger partial charge < -0.3 is 5.73 Å². The van der Waals surface area contributed by atoms with E-state index in [4.69, 9.17) is 17.3 Å². The number of hydrogen-bond acceptors (Lipinski definition) is 1. The van der Waals surface area contributed by atoms with Crippen molar-refractivity contribution in [2.24, 2.45) is 5.73 Å². The highest BCUT2D eigenvalue weighted by atomic mass is 35.5. The Balaban J connectivity index is 2.65. The van der Waals surface area contributed by atoms with Crippen molar-refractivity contribution in [1.82, 2.24) is 0 Å². The molecule has 2 rings (SSSR count). The van der Waals surface area contributed by atoms with Crippen molar-refractivity contribution in [3.8, 4) is 11.1 Å². The monoisotopic (exact) mass is 271 g/mol. The zero-order valence-electron chi connectivity index (χ0n) is 9.18. The van der Waals surface area contributed by atoms with Crippen molar-refractivity contribution in [2.75, 3.05) is 0 Å². The lowest BCUT2D eigenvalue weighted by molar-refractivity contribution is 0.509. The van der Waals surface area contributed by atoms with E-state index in [9.17, 15) is 13.2 Å². The number of hydrogen-bond donors (Lipinski definition) is 1. The van der Waals surface area contributed by atoms with Crippen molar-refractivity contribution < 1.29 is 13.2 Å². The van der Waals surface area contributed by atoms with E-state index in [0.717, 1.165) is 12.1 Å². The van der Waals surface area contributed by atoms with Gasteiger partial charge >= 0.3 is 0 Å². The predicted octanol–water partition coefficient (Wildman–Crippen LogP) is 3.88. The second-order valence-corrected chi connectivity index (χ2v) is 4.16. The number of nitrogens with two attached hydrogens (primary N) is 1. The maximum atomic E-state index is 13.2. The molecule has 0 unspecified atom stereocenters. The second kappa shape index (κ2) is 5.00. The van der Waals surface area contributed by atoms with Crippen LogP contribution in [0.25, 0.3) is 11.1 Å².